The van der Waals surface area contributed by atoms with E-state index in [1.165, 1.54) is 0 Å². The Kier molecular flexibility index (Phi) is 6.24. The van der Waals surface area contributed by atoms with E-state index >= 15 is 0 Å². The van der Waals surface area contributed by atoms with Crippen molar-refractivity contribution in [2.75, 3.05) is 10.6 Å². The lowest BCUT2D eigenvalue weighted by atomic mass is 10.2. The molecular formula is C18H16BrClN4OS. The van der Waals surface area contributed by atoms with E-state index in [4.69, 9.17) is 11.6 Å². The Morgan fingerprint density at radius 1 is 1.23 bits per heavy atom. The van der Waals surface area contributed by atoms with Gasteiger partial charge in [0.05, 0.1) is 6.42 Å². The van der Waals surface area contributed by atoms with Crippen LogP contribution in [0.2, 0.25) is 5.15 Å². The first-order valence-electron chi connectivity index (χ1n) is 7.85. The van der Waals surface area contributed by atoms with Crippen molar-refractivity contribution in [3.05, 3.63) is 67.5 Å². The van der Waals surface area contributed by atoms with E-state index in [2.05, 4.69) is 36.5 Å². The van der Waals surface area contributed by atoms with E-state index < -0.39 is 0 Å². The summed E-state index contributed by atoms with van der Waals surface area (Å²) in [6.07, 6.45) is 0.366. The Labute approximate surface area is 169 Å². The molecule has 0 saturated carbocycles. The Morgan fingerprint density at radius 3 is 2.65 bits per heavy atom. The molecule has 26 heavy (non-hydrogen) atoms. The van der Waals surface area contributed by atoms with Gasteiger partial charge in [-0.3, -0.25) is 4.79 Å². The van der Waals surface area contributed by atoms with Crippen LogP contribution >= 0.6 is 38.9 Å². The SMILES string of the molecule is Cc1cc(Cl)nc(NCc2ccc(NC(=O)Cc3cc(Br)cs3)cc2)n1. The molecule has 1 aromatic carbocycles. The quantitative estimate of drug-likeness (QED) is 0.514. The number of carbonyl (C=O) groups excluding carboxylic acids is 1. The van der Waals surface area contributed by atoms with Crippen LogP contribution in [0.15, 0.2) is 46.3 Å². The number of aryl methyl sites for hydroxylation is 1. The van der Waals surface area contributed by atoms with Crippen LogP contribution in [0.5, 0.6) is 0 Å². The van der Waals surface area contributed by atoms with Crippen LogP contribution in [0.3, 0.4) is 0 Å². The van der Waals surface area contributed by atoms with Gasteiger partial charge in [0.1, 0.15) is 5.15 Å². The molecule has 8 heteroatoms. The van der Waals surface area contributed by atoms with Crippen LogP contribution in [-0.4, -0.2) is 15.9 Å². The molecule has 3 aromatic rings. The number of halogens is 2. The first-order chi connectivity index (χ1) is 12.5. The molecule has 0 aliphatic rings. The molecule has 0 unspecified atom stereocenters. The van der Waals surface area contributed by atoms with Crippen LogP contribution in [0.25, 0.3) is 0 Å². The molecule has 1 amide bonds. The summed E-state index contributed by atoms with van der Waals surface area (Å²) in [5, 5.41) is 8.43. The zero-order valence-electron chi connectivity index (χ0n) is 13.9. The lowest BCUT2D eigenvalue weighted by molar-refractivity contribution is -0.115. The molecule has 2 heterocycles. The first-order valence-corrected chi connectivity index (χ1v) is 9.90. The molecule has 5 nitrogen and oxygen atoms in total. The molecule has 0 saturated heterocycles. The van der Waals surface area contributed by atoms with Crippen LogP contribution in [0.1, 0.15) is 16.1 Å². The largest absolute Gasteiger partial charge is 0.350 e. The topological polar surface area (TPSA) is 66.9 Å². The normalized spacial score (nSPS) is 10.6. The Balaban J connectivity index is 1.53. The number of thiophene rings is 1. The van der Waals surface area contributed by atoms with E-state index in [0.29, 0.717) is 24.1 Å². The third kappa shape index (κ3) is 5.52. The molecule has 0 aliphatic carbocycles. The van der Waals surface area contributed by atoms with Crippen LogP contribution in [0.4, 0.5) is 11.6 Å². The van der Waals surface area contributed by atoms with E-state index in [1.807, 2.05) is 42.6 Å². The van der Waals surface area contributed by atoms with Crippen molar-refractivity contribution in [2.45, 2.75) is 19.9 Å². The van der Waals surface area contributed by atoms with Gasteiger partial charge in [-0.05, 0) is 52.7 Å². The molecule has 0 bridgehead atoms. The number of rotatable bonds is 6. The highest BCUT2D eigenvalue weighted by Gasteiger charge is 2.07. The Hall–Kier alpha value is -1.96. The second kappa shape index (κ2) is 8.62. The molecule has 3 rings (SSSR count). The molecule has 2 N–H and O–H groups in total. The number of amides is 1. The minimum Gasteiger partial charge on any atom is -0.350 e. The van der Waals surface area contributed by atoms with Gasteiger partial charge in [-0.25, -0.2) is 9.97 Å². The van der Waals surface area contributed by atoms with Crippen molar-refractivity contribution in [1.29, 1.82) is 0 Å². The van der Waals surface area contributed by atoms with Crippen molar-refractivity contribution in [2.24, 2.45) is 0 Å². The average molecular weight is 452 g/mol. The monoisotopic (exact) mass is 450 g/mol. The lowest BCUT2D eigenvalue weighted by Crippen LogP contribution is -2.13. The number of hydrogen-bond acceptors (Lipinski definition) is 5. The Bertz CT molecular complexity index is 894. The van der Waals surface area contributed by atoms with Crippen molar-refractivity contribution in [1.82, 2.24) is 9.97 Å². The molecule has 2 aromatic heterocycles. The maximum Gasteiger partial charge on any atom is 0.229 e. The minimum absolute atomic E-state index is 0.0342. The second-order valence-corrected chi connectivity index (χ2v) is 7.96. The highest BCUT2D eigenvalue weighted by Crippen LogP contribution is 2.20. The van der Waals surface area contributed by atoms with Crippen LogP contribution in [0, 0.1) is 6.92 Å². The summed E-state index contributed by atoms with van der Waals surface area (Å²) in [6.45, 7) is 2.43. The summed E-state index contributed by atoms with van der Waals surface area (Å²) in [6, 6.07) is 11.3. The second-order valence-electron chi connectivity index (χ2n) is 5.66. The number of carbonyl (C=O) groups is 1. The first kappa shape index (κ1) is 18.8. The predicted molar refractivity (Wildman–Crippen MR) is 110 cm³/mol. The number of benzene rings is 1. The average Bonchev–Trinajstić information content (AvgIpc) is 2.98. The third-order valence-corrected chi connectivity index (χ3v) is 5.36. The van der Waals surface area contributed by atoms with Gasteiger partial charge in [-0.2, -0.15) is 0 Å². The van der Waals surface area contributed by atoms with Gasteiger partial charge in [0.25, 0.3) is 0 Å². The van der Waals surface area contributed by atoms with Crippen molar-refractivity contribution in [3.63, 3.8) is 0 Å². The molecule has 0 radical (unpaired) electrons. The number of hydrogen-bond donors (Lipinski definition) is 2. The van der Waals surface area contributed by atoms with Gasteiger partial charge in [-0.15, -0.1) is 11.3 Å². The van der Waals surface area contributed by atoms with E-state index in [9.17, 15) is 4.79 Å². The van der Waals surface area contributed by atoms with Crippen molar-refractivity contribution >= 4 is 56.4 Å². The summed E-state index contributed by atoms with van der Waals surface area (Å²) < 4.78 is 1.00. The van der Waals surface area contributed by atoms with Gasteiger partial charge in [0.2, 0.25) is 11.9 Å². The summed E-state index contributed by atoms with van der Waals surface area (Å²) in [4.78, 5) is 21.5. The van der Waals surface area contributed by atoms with Gasteiger partial charge in [0, 0.05) is 32.7 Å². The maximum atomic E-state index is 12.1. The number of anilines is 2. The standard InChI is InChI=1S/C18H16BrClN4OS/c1-11-6-16(20)24-18(22-11)21-9-12-2-4-14(5-3-12)23-17(25)8-15-7-13(19)10-26-15/h2-7,10H,8-9H2,1H3,(H,23,25)(H,21,22,24). The number of nitrogens with zero attached hydrogens (tertiary/aromatic N) is 2. The van der Waals surface area contributed by atoms with Gasteiger partial charge < -0.3 is 10.6 Å². The summed E-state index contributed by atoms with van der Waals surface area (Å²) in [7, 11) is 0. The zero-order valence-corrected chi connectivity index (χ0v) is 17.1. The predicted octanol–water partition coefficient (Wildman–Crippen LogP) is 5.06. The van der Waals surface area contributed by atoms with Crippen LogP contribution in [-0.2, 0) is 17.8 Å². The molecular weight excluding hydrogens is 436 g/mol. The van der Waals surface area contributed by atoms with E-state index in [1.54, 1.807) is 17.4 Å². The van der Waals surface area contributed by atoms with Crippen molar-refractivity contribution < 1.29 is 4.79 Å². The molecule has 134 valence electrons. The molecule has 0 fully saturated rings. The molecule has 0 aliphatic heterocycles. The zero-order chi connectivity index (χ0) is 18.5. The summed E-state index contributed by atoms with van der Waals surface area (Å²) >= 11 is 10.9. The number of nitrogens with one attached hydrogen (secondary N) is 2. The molecule has 0 atom stereocenters. The lowest BCUT2D eigenvalue weighted by Gasteiger charge is -2.08. The maximum absolute atomic E-state index is 12.1. The summed E-state index contributed by atoms with van der Waals surface area (Å²) in [5.74, 6) is 0.461. The van der Waals surface area contributed by atoms with Gasteiger partial charge >= 0.3 is 0 Å². The van der Waals surface area contributed by atoms with Crippen molar-refractivity contribution in [3.8, 4) is 0 Å². The number of aromatic nitrogens is 2. The smallest absolute Gasteiger partial charge is 0.229 e. The Morgan fingerprint density at radius 2 is 2.00 bits per heavy atom. The fourth-order valence-electron chi connectivity index (χ4n) is 2.31. The third-order valence-electron chi connectivity index (χ3n) is 3.47. The van der Waals surface area contributed by atoms with Gasteiger partial charge in [-0.1, -0.05) is 23.7 Å². The summed E-state index contributed by atoms with van der Waals surface area (Å²) in [5.41, 5.74) is 2.62. The van der Waals surface area contributed by atoms with Gasteiger partial charge in [0.15, 0.2) is 0 Å². The fourth-order valence-corrected chi connectivity index (χ4v) is 3.99. The highest BCUT2D eigenvalue weighted by atomic mass is 79.9. The fraction of sp³-hybridized carbons (Fsp3) is 0.167. The van der Waals surface area contributed by atoms with E-state index in [-0.39, 0.29) is 5.91 Å². The molecule has 0 spiro atoms. The van der Waals surface area contributed by atoms with Crippen LogP contribution < -0.4 is 10.6 Å². The minimum atomic E-state index is -0.0342. The van der Waals surface area contributed by atoms with E-state index in [0.717, 1.165) is 26.3 Å². The highest BCUT2D eigenvalue weighted by molar-refractivity contribution is 9.10.